The van der Waals surface area contributed by atoms with E-state index in [1.165, 1.54) is 29.4 Å². The molecule has 3 rings (SSSR count). The van der Waals surface area contributed by atoms with Gasteiger partial charge in [-0.25, -0.2) is 4.98 Å². The van der Waals surface area contributed by atoms with Crippen molar-refractivity contribution in [2.75, 3.05) is 30.3 Å². The third kappa shape index (κ3) is 2.24. The highest BCUT2D eigenvalue weighted by Crippen LogP contribution is 2.35. The Bertz CT molecular complexity index is 421. The van der Waals surface area contributed by atoms with E-state index in [0.717, 1.165) is 13.1 Å². The van der Waals surface area contributed by atoms with E-state index >= 15 is 0 Å². The molecule has 0 N–H and O–H groups in total. The van der Waals surface area contributed by atoms with Gasteiger partial charge < -0.3 is 4.90 Å². The first kappa shape index (κ1) is 12.3. The lowest BCUT2D eigenvalue weighted by atomic mass is 10.1. The number of aromatic nitrogens is 1. The minimum absolute atomic E-state index is 0.643. The van der Waals surface area contributed by atoms with Gasteiger partial charge in [-0.2, -0.15) is 0 Å². The molecule has 1 fully saturated rings. The van der Waals surface area contributed by atoms with Crippen molar-refractivity contribution < 1.29 is 0 Å². The lowest BCUT2D eigenvalue weighted by Crippen LogP contribution is -2.55. The summed E-state index contributed by atoms with van der Waals surface area (Å²) in [6.45, 7) is 8.07. The van der Waals surface area contributed by atoms with Gasteiger partial charge in [-0.05, 0) is 32.4 Å². The second kappa shape index (κ2) is 5.10. The monoisotopic (exact) mass is 263 g/mol. The summed E-state index contributed by atoms with van der Waals surface area (Å²) in [6.07, 6.45) is 3.20. The first-order chi connectivity index (χ1) is 8.75. The van der Waals surface area contributed by atoms with Crippen LogP contribution in [0, 0.1) is 0 Å². The lowest BCUT2D eigenvalue weighted by Gasteiger charge is -2.43. The summed E-state index contributed by atoms with van der Waals surface area (Å²) in [5.41, 5.74) is 0. The van der Waals surface area contributed by atoms with E-state index in [1.807, 2.05) is 18.0 Å². The summed E-state index contributed by atoms with van der Waals surface area (Å²) in [7, 11) is 0. The molecule has 1 atom stereocenters. The van der Waals surface area contributed by atoms with Crippen LogP contribution < -0.4 is 4.90 Å². The third-order valence-corrected chi connectivity index (χ3v) is 5.05. The molecule has 1 saturated heterocycles. The van der Waals surface area contributed by atoms with Crippen LogP contribution in [0.5, 0.6) is 0 Å². The quantitative estimate of drug-likeness (QED) is 0.775. The van der Waals surface area contributed by atoms with Gasteiger partial charge >= 0.3 is 0 Å². The Labute approximate surface area is 114 Å². The Hall–Kier alpha value is -0.740. The normalized spacial score (nSPS) is 24.6. The zero-order chi connectivity index (χ0) is 12.5. The molecule has 0 spiro atoms. The van der Waals surface area contributed by atoms with Crippen LogP contribution in [0.25, 0.3) is 0 Å². The Morgan fingerprint density at radius 2 is 2.28 bits per heavy atom. The van der Waals surface area contributed by atoms with Crippen molar-refractivity contribution in [2.45, 2.75) is 37.2 Å². The predicted octanol–water partition coefficient (Wildman–Crippen LogP) is 2.48. The molecule has 3 nitrogen and oxygen atoms in total. The second-order valence-electron chi connectivity index (χ2n) is 5.40. The molecule has 0 saturated carbocycles. The molecule has 2 aliphatic rings. The molecule has 0 amide bonds. The average Bonchev–Trinajstić information content (AvgIpc) is 2.57. The molecule has 0 unspecified atom stereocenters. The largest absolute Gasteiger partial charge is 0.350 e. The maximum absolute atomic E-state index is 4.62. The van der Waals surface area contributed by atoms with Gasteiger partial charge in [0.25, 0.3) is 0 Å². The van der Waals surface area contributed by atoms with Crippen molar-refractivity contribution >= 4 is 17.6 Å². The van der Waals surface area contributed by atoms with Gasteiger partial charge in [0.2, 0.25) is 0 Å². The summed E-state index contributed by atoms with van der Waals surface area (Å²) in [5.74, 6) is 2.43. The highest BCUT2D eigenvalue weighted by atomic mass is 32.2. The minimum Gasteiger partial charge on any atom is -0.350 e. The van der Waals surface area contributed by atoms with E-state index in [2.05, 4.69) is 40.8 Å². The van der Waals surface area contributed by atoms with E-state index in [9.17, 15) is 0 Å². The Kier molecular flexibility index (Phi) is 3.48. The standard InChI is InChI=1S/C14H21N3S/c1-11(2)16-7-8-17-12(10-16)5-9-18-13-4-3-6-15-14(13)17/h3-4,6,11-12H,5,7-10H2,1-2H3/t12-/m0/s1. The highest BCUT2D eigenvalue weighted by molar-refractivity contribution is 7.99. The molecule has 0 radical (unpaired) electrons. The van der Waals surface area contributed by atoms with Crippen molar-refractivity contribution in [1.29, 1.82) is 0 Å². The maximum atomic E-state index is 4.62. The van der Waals surface area contributed by atoms with E-state index < -0.39 is 0 Å². The van der Waals surface area contributed by atoms with E-state index in [0.29, 0.717) is 12.1 Å². The van der Waals surface area contributed by atoms with Gasteiger partial charge in [-0.15, -0.1) is 11.8 Å². The zero-order valence-corrected chi connectivity index (χ0v) is 12.0. The number of hydrogen-bond acceptors (Lipinski definition) is 4. The molecule has 1 aromatic heterocycles. The molecular formula is C14H21N3S. The molecule has 2 aliphatic heterocycles. The van der Waals surface area contributed by atoms with Crippen molar-refractivity contribution in [3.05, 3.63) is 18.3 Å². The molecule has 4 heteroatoms. The Morgan fingerprint density at radius 3 is 3.11 bits per heavy atom. The molecule has 1 aromatic rings. The lowest BCUT2D eigenvalue weighted by molar-refractivity contribution is 0.178. The van der Waals surface area contributed by atoms with E-state index in [1.54, 1.807) is 0 Å². The average molecular weight is 263 g/mol. The van der Waals surface area contributed by atoms with Gasteiger partial charge in [0.1, 0.15) is 5.82 Å². The van der Waals surface area contributed by atoms with Gasteiger partial charge in [0, 0.05) is 48.6 Å². The van der Waals surface area contributed by atoms with E-state index in [-0.39, 0.29) is 0 Å². The van der Waals surface area contributed by atoms with Crippen LogP contribution in [-0.4, -0.2) is 47.4 Å². The van der Waals surface area contributed by atoms with Crippen LogP contribution >= 0.6 is 11.8 Å². The van der Waals surface area contributed by atoms with Crippen molar-refractivity contribution in [3.63, 3.8) is 0 Å². The predicted molar refractivity (Wildman–Crippen MR) is 77.4 cm³/mol. The second-order valence-corrected chi connectivity index (χ2v) is 6.53. The number of rotatable bonds is 1. The van der Waals surface area contributed by atoms with Crippen LogP contribution in [0.2, 0.25) is 0 Å². The van der Waals surface area contributed by atoms with Crippen molar-refractivity contribution in [1.82, 2.24) is 9.88 Å². The van der Waals surface area contributed by atoms with Gasteiger partial charge in [0.15, 0.2) is 0 Å². The topological polar surface area (TPSA) is 19.4 Å². The smallest absolute Gasteiger partial charge is 0.142 e. The van der Waals surface area contributed by atoms with Gasteiger partial charge in [-0.1, -0.05) is 0 Å². The molecule has 18 heavy (non-hydrogen) atoms. The number of piperazine rings is 1. The maximum Gasteiger partial charge on any atom is 0.142 e. The van der Waals surface area contributed by atoms with Crippen LogP contribution in [0.15, 0.2) is 23.2 Å². The molecule has 98 valence electrons. The first-order valence-electron chi connectivity index (χ1n) is 6.84. The Balaban J connectivity index is 1.86. The zero-order valence-electron chi connectivity index (χ0n) is 11.2. The SMILES string of the molecule is CC(C)N1CCN2c3ncccc3SCC[C@H]2C1. The van der Waals surface area contributed by atoms with Crippen molar-refractivity contribution in [3.8, 4) is 0 Å². The molecule has 0 aromatic carbocycles. The fourth-order valence-electron chi connectivity index (χ4n) is 2.89. The number of nitrogens with zero attached hydrogens (tertiary/aromatic N) is 3. The Morgan fingerprint density at radius 1 is 1.39 bits per heavy atom. The fraction of sp³-hybridized carbons (Fsp3) is 0.643. The van der Waals surface area contributed by atoms with Crippen LogP contribution in [0.3, 0.4) is 0 Å². The molecule has 0 aliphatic carbocycles. The number of fused-ring (bicyclic) bond motifs is 3. The first-order valence-corrected chi connectivity index (χ1v) is 7.83. The summed E-state index contributed by atoms with van der Waals surface area (Å²) in [5, 5.41) is 0. The number of thioether (sulfide) groups is 1. The number of hydrogen-bond donors (Lipinski definition) is 0. The van der Waals surface area contributed by atoms with Crippen LogP contribution in [-0.2, 0) is 0 Å². The minimum atomic E-state index is 0.643. The van der Waals surface area contributed by atoms with Crippen LogP contribution in [0.4, 0.5) is 5.82 Å². The van der Waals surface area contributed by atoms with Gasteiger partial charge in [-0.3, -0.25) is 4.90 Å². The summed E-state index contributed by atoms with van der Waals surface area (Å²) in [6, 6.07) is 5.57. The fourth-order valence-corrected chi connectivity index (χ4v) is 3.97. The number of pyridine rings is 1. The van der Waals surface area contributed by atoms with Gasteiger partial charge in [0.05, 0.1) is 0 Å². The molecule has 3 heterocycles. The van der Waals surface area contributed by atoms with E-state index in [4.69, 9.17) is 0 Å². The van der Waals surface area contributed by atoms with Crippen LogP contribution in [0.1, 0.15) is 20.3 Å². The molecule has 0 bridgehead atoms. The third-order valence-electron chi connectivity index (χ3n) is 3.98. The highest BCUT2D eigenvalue weighted by Gasteiger charge is 2.31. The summed E-state index contributed by atoms with van der Waals surface area (Å²) in [4.78, 5) is 11.1. The van der Waals surface area contributed by atoms with Crippen molar-refractivity contribution in [2.24, 2.45) is 0 Å². The summed E-state index contributed by atoms with van der Waals surface area (Å²) >= 11 is 1.96. The number of anilines is 1. The molecular weight excluding hydrogens is 242 g/mol. The summed E-state index contributed by atoms with van der Waals surface area (Å²) < 4.78 is 0.